The smallest absolute Gasteiger partial charge is 0.124 e. The molecule has 0 saturated heterocycles. The van der Waals surface area contributed by atoms with Crippen molar-refractivity contribution < 1.29 is 0 Å². The molecule has 0 unspecified atom stereocenters. The molecule has 2 nitrogen and oxygen atoms in total. The van der Waals surface area contributed by atoms with Crippen molar-refractivity contribution in [3.05, 3.63) is 27.6 Å². The van der Waals surface area contributed by atoms with Crippen LogP contribution in [0.2, 0.25) is 0 Å². The lowest BCUT2D eigenvalue weighted by atomic mass is 10.3. The Hall–Kier alpha value is -0.290. The third-order valence-corrected chi connectivity index (χ3v) is 3.27. The number of halogens is 2. The Kier molecular flexibility index (Phi) is 3.51. The molecule has 0 spiro atoms. The Bertz CT molecular complexity index is 479. The van der Waals surface area contributed by atoms with E-state index < -0.39 is 0 Å². The zero-order chi connectivity index (χ0) is 10.8. The lowest BCUT2D eigenvalue weighted by molar-refractivity contribution is 0.672. The van der Waals surface area contributed by atoms with Crippen molar-refractivity contribution in [3.63, 3.8) is 0 Å². The largest absolute Gasteiger partial charge is 0.327 e. The number of nitrogens with zero attached hydrogens (tertiary/aromatic N) is 2. The molecule has 0 bridgehead atoms. The van der Waals surface area contributed by atoms with Crippen LogP contribution in [0.3, 0.4) is 0 Å². The van der Waals surface area contributed by atoms with Crippen molar-refractivity contribution in [2.75, 3.05) is 0 Å². The topological polar surface area (TPSA) is 17.8 Å². The minimum atomic E-state index is 0.477. The van der Waals surface area contributed by atoms with Crippen LogP contribution in [0.4, 0.5) is 0 Å². The molecular formula is C11H12ClIN2. The molecular weight excluding hydrogens is 322 g/mol. The summed E-state index contributed by atoms with van der Waals surface area (Å²) in [6, 6.07) is 6.32. The van der Waals surface area contributed by atoms with Crippen molar-refractivity contribution in [2.45, 2.75) is 25.8 Å². The third-order valence-electron chi connectivity index (χ3n) is 2.36. The number of imidazole rings is 1. The number of hydrogen-bond donors (Lipinski definition) is 0. The van der Waals surface area contributed by atoms with Gasteiger partial charge < -0.3 is 4.57 Å². The highest BCUT2D eigenvalue weighted by Crippen LogP contribution is 2.20. The van der Waals surface area contributed by atoms with Crippen LogP contribution in [0.25, 0.3) is 11.0 Å². The highest BCUT2D eigenvalue weighted by atomic mass is 127. The second kappa shape index (κ2) is 4.70. The van der Waals surface area contributed by atoms with E-state index in [9.17, 15) is 0 Å². The summed E-state index contributed by atoms with van der Waals surface area (Å²) in [5.41, 5.74) is 2.24. The van der Waals surface area contributed by atoms with Gasteiger partial charge in [-0.1, -0.05) is 6.92 Å². The zero-order valence-corrected chi connectivity index (χ0v) is 11.4. The van der Waals surface area contributed by atoms with Crippen LogP contribution in [-0.4, -0.2) is 9.55 Å². The quantitative estimate of drug-likeness (QED) is 0.617. The SMILES string of the molecule is CCCn1c(CCl)nc2cc(I)ccc21. The number of aromatic nitrogens is 2. The standard InChI is InChI=1S/C11H12ClIN2/c1-2-5-15-10-4-3-8(13)6-9(10)14-11(15)7-12/h3-4,6H,2,5,7H2,1H3. The van der Waals surface area contributed by atoms with Gasteiger partial charge >= 0.3 is 0 Å². The predicted octanol–water partition coefficient (Wildman–Crippen LogP) is 3.79. The van der Waals surface area contributed by atoms with Gasteiger partial charge in [-0.05, 0) is 47.2 Å². The molecule has 0 aliphatic heterocycles. The molecule has 0 aliphatic carbocycles. The summed E-state index contributed by atoms with van der Waals surface area (Å²) in [5.74, 6) is 1.45. The summed E-state index contributed by atoms with van der Waals surface area (Å²) in [5, 5.41) is 0. The maximum atomic E-state index is 5.89. The summed E-state index contributed by atoms with van der Waals surface area (Å²) in [6.45, 7) is 3.15. The molecule has 2 aromatic rings. The van der Waals surface area contributed by atoms with Gasteiger partial charge in [0.15, 0.2) is 0 Å². The lowest BCUT2D eigenvalue weighted by Crippen LogP contribution is -2.01. The fraction of sp³-hybridized carbons (Fsp3) is 0.364. The average molecular weight is 335 g/mol. The van der Waals surface area contributed by atoms with Crippen LogP contribution in [0.5, 0.6) is 0 Å². The normalized spacial score (nSPS) is 11.1. The lowest BCUT2D eigenvalue weighted by Gasteiger charge is -2.04. The van der Waals surface area contributed by atoms with Crippen molar-refractivity contribution in [1.29, 1.82) is 0 Å². The maximum absolute atomic E-state index is 5.89. The van der Waals surface area contributed by atoms with Gasteiger partial charge in [-0.15, -0.1) is 11.6 Å². The number of aryl methyl sites for hydroxylation is 1. The first kappa shape index (κ1) is 11.2. The van der Waals surface area contributed by atoms with Gasteiger partial charge in [0.1, 0.15) is 5.82 Å². The molecule has 4 heteroatoms. The summed E-state index contributed by atoms with van der Waals surface area (Å²) in [6.07, 6.45) is 1.10. The molecule has 1 aromatic heterocycles. The molecule has 0 amide bonds. The van der Waals surface area contributed by atoms with Crippen LogP contribution >= 0.6 is 34.2 Å². The summed E-state index contributed by atoms with van der Waals surface area (Å²) >= 11 is 8.19. The Balaban J connectivity index is 2.63. The van der Waals surface area contributed by atoms with Gasteiger partial charge in [0.05, 0.1) is 16.9 Å². The minimum Gasteiger partial charge on any atom is -0.327 e. The Morgan fingerprint density at radius 2 is 2.27 bits per heavy atom. The number of hydrogen-bond acceptors (Lipinski definition) is 1. The summed E-state index contributed by atoms with van der Waals surface area (Å²) in [7, 11) is 0. The van der Waals surface area contributed by atoms with Crippen LogP contribution in [0, 0.1) is 3.57 Å². The van der Waals surface area contributed by atoms with Gasteiger partial charge in [-0.2, -0.15) is 0 Å². The Labute approximate surface area is 108 Å². The van der Waals surface area contributed by atoms with Crippen molar-refractivity contribution in [1.82, 2.24) is 9.55 Å². The van der Waals surface area contributed by atoms with E-state index >= 15 is 0 Å². The van der Waals surface area contributed by atoms with E-state index in [-0.39, 0.29) is 0 Å². The van der Waals surface area contributed by atoms with E-state index in [2.05, 4.69) is 57.3 Å². The third kappa shape index (κ3) is 2.13. The number of benzene rings is 1. The van der Waals surface area contributed by atoms with Crippen LogP contribution in [-0.2, 0) is 12.4 Å². The van der Waals surface area contributed by atoms with Gasteiger partial charge in [0.25, 0.3) is 0 Å². The Morgan fingerprint density at radius 1 is 1.47 bits per heavy atom. The van der Waals surface area contributed by atoms with Crippen LogP contribution < -0.4 is 0 Å². The molecule has 0 fully saturated rings. The Morgan fingerprint density at radius 3 is 2.93 bits per heavy atom. The molecule has 1 heterocycles. The first-order chi connectivity index (χ1) is 7.26. The molecule has 0 N–H and O–H groups in total. The molecule has 15 heavy (non-hydrogen) atoms. The minimum absolute atomic E-state index is 0.477. The van der Waals surface area contributed by atoms with E-state index in [1.54, 1.807) is 0 Å². The van der Waals surface area contributed by atoms with E-state index in [1.165, 1.54) is 9.09 Å². The van der Waals surface area contributed by atoms with E-state index in [1.807, 2.05) is 0 Å². The fourth-order valence-corrected chi connectivity index (χ4v) is 2.41. The fourth-order valence-electron chi connectivity index (χ4n) is 1.73. The van der Waals surface area contributed by atoms with Crippen molar-refractivity contribution in [2.24, 2.45) is 0 Å². The summed E-state index contributed by atoms with van der Waals surface area (Å²) in [4.78, 5) is 4.54. The van der Waals surface area contributed by atoms with Crippen LogP contribution in [0.1, 0.15) is 19.2 Å². The molecule has 0 saturated carbocycles. The molecule has 1 aromatic carbocycles. The highest BCUT2D eigenvalue weighted by molar-refractivity contribution is 14.1. The average Bonchev–Trinajstić information content (AvgIpc) is 2.56. The van der Waals surface area contributed by atoms with Crippen molar-refractivity contribution >= 4 is 45.2 Å². The molecule has 0 radical (unpaired) electrons. The highest BCUT2D eigenvalue weighted by Gasteiger charge is 2.08. The molecule has 2 rings (SSSR count). The molecule has 0 aliphatic rings. The number of fused-ring (bicyclic) bond motifs is 1. The van der Waals surface area contributed by atoms with Gasteiger partial charge in [-0.3, -0.25) is 0 Å². The first-order valence-corrected chi connectivity index (χ1v) is 6.58. The van der Waals surface area contributed by atoms with E-state index in [0.29, 0.717) is 5.88 Å². The predicted molar refractivity (Wildman–Crippen MR) is 72.3 cm³/mol. The van der Waals surface area contributed by atoms with Crippen molar-refractivity contribution in [3.8, 4) is 0 Å². The first-order valence-electron chi connectivity index (χ1n) is 4.97. The number of alkyl halides is 1. The van der Waals surface area contributed by atoms with Gasteiger partial charge in [0, 0.05) is 10.1 Å². The summed E-state index contributed by atoms with van der Waals surface area (Å²) < 4.78 is 3.42. The molecule has 0 atom stereocenters. The second-order valence-electron chi connectivity index (χ2n) is 3.45. The zero-order valence-electron chi connectivity index (χ0n) is 8.50. The van der Waals surface area contributed by atoms with Gasteiger partial charge in [-0.25, -0.2) is 4.98 Å². The van der Waals surface area contributed by atoms with E-state index in [4.69, 9.17) is 11.6 Å². The second-order valence-corrected chi connectivity index (χ2v) is 4.96. The maximum Gasteiger partial charge on any atom is 0.124 e. The molecule has 80 valence electrons. The van der Waals surface area contributed by atoms with Crippen LogP contribution in [0.15, 0.2) is 18.2 Å². The van der Waals surface area contributed by atoms with E-state index in [0.717, 1.165) is 24.3 Å². The van der Waals surface area contributed by atoms with Gasteiger partial charge in [0.2, 0.25) is 0 Å². The number of rotatable bonds is 3. The monoisotopic (exact) mass is 334 g/mol.